The zero-order valence-electron chi connectivity index (χ0n) is 46.5. The number of pyridine rings is 2. The van der Waals surface area contributed by atoms with E-state index in [4.69, 9.17) is 19.5 Å². The van der Waals surface area contributed by atoms with Crippen molar-refractivity contribution >= 4 is 21.9 Å². The number of aryl methyl sites for hydroxylation is 3. The minimum atomic E-state index is -2.49. The van der Waals surface area contributed by atoms with Gasteiger partial charge in [-0.15, -0.1) is 34.9 Å². The molecule has 1 fully saturated rings. The summed E-state index contributed by atoms with van der Waals surface area (Å²) in [4.78, 5) is 8.10. The smallest absolute Gasteiger partial charge is 0.510 e. The van der Waals surface area contributed by atoms with Crippen LogP contribution in [-0.4, -0.2) is 9.97 Å². The van der Waals surface area contributed by atoms with Gasteiger partial charge in [0.05, 0.1) is 0 Å². The molecule has 0 spiro atoms. The molecular weight excluding hydrogens is 921 g/mol. The van der Waals surface area contributed by atoms with E-state index in [0.29, 0.717) is 44.7 Å². The number of nitrogens with zero attached hydrogens (tertiary/aromatic N) is 2. The first-order chi connectivity index (χ1) is 33.1. The number of rotatable bonds is 6. The molecule has 3 aromatic heterocycles. The van der Waals surface area contributed by atoms with E-state index in [1.54, 1.807) is 30.3 Å². The van der Waals surface area contributed by atoms with Crippen LogP contribution in [0, 0.1) is 49.7 Å². The molecule has 310 valence electrons. The first-order valence-electron chi connectivity index (χ1n) is 26.1. The van der Waals surface area contributed by atoms with E-state index in [9.17, 15) is 0 Å². The van der Waals surface area contributed by atoms with Gasteiger partial charge in [0, 0.05) is 32.2 Å². The molecule has 1 aliphatic rings. The maximum atomic E-state index is 8.56. The summed E-state index contributed by atoms with van der Waals surface area (Å²) in [5.74, 6) is 0. The summed E-state index contributed by atoms with van der Waals surface area (Å²) >= 11 is 0. The van der Waals surface area contributed by atoms with Gasteiger partial charge in [0.1, 0.15) is 5.58 Å². The third-order valence-corrected chi connectivity index (χ3v) is 11.7. The Morgan fingerprint density at radius 2 is 1.54 bits per heavy atom. The fourth-order valence-electron chi connectivity index (χ4n) is 8.09. The predicted octanol–water partition coefficient (Wildman–Crippen LogP) is 15.5. The summed E-state index contributed by atoms with van der Waals surface area (Å²) in [5.41, 5.74) is 7.81. The molecule has 0 aliphatic heterocycles. The molecule has 4 heteroatoms. The van der Waals surface area contributed by atoms with Gasteiger partial charge in [0.15, 0.2) is 0 Å². The van der Waals surface area contributed by atoms with Gasteiger partial charge < -0.3 is 14.4 Å². The van der Waals surface area contributed by atoms with Crippen LogP contribution in [-0.2, 0) is 31.9 Å². The van der Waals surface area contributed by atoms with Crippen molar-refractivity contribution in [1.29, 1.82) is 0 Å². The Bertz CT molecular complexity index is 3190. The summed E-state index contributed by atoms with van der Waals surface area (Å²) < 4.78 is 95.6. The second-order valence-electron chi connectivity index (χ2n) is 18.1. The standard InChI is InChI=1S/C41H38O.C16H19N2.Ir/c1-27-14-15-31(25-37(27)33-19-17-32(24-28(33)2)41(5)22-20-40(3,4)21-23-41)34-12-9-13-36-35-18-16-30(26-38(35)42-39(34)36)29-10-7-6-8-11-29;1-12-5-7-14(11-17-12)15-8-6-13(10-18-15)9-16(2,3)4;/h6-11,13-14,16-19,24-26H,20-23H2,1-5H3;5-8,10H,9H2,1-4H3;/q-2;-1;+3/i1D3,2D3;1D3,9D2;. The van der Waals surface area contributed by atoms with Crippen LogP contribution in [0.3, 0.4) is 0 Å². The molecule has 0 radical (unpaired) electrons. The molecule has 1 aliphatic carbocycles. The van der Waals surface area contributed by atoms with Gasteiger partial charge in [-0.1, -0.05) is 133 Å². The Hall–Kier alpha value is -5.15. The van der Waals surface area contributed by atoms with Crippen molar-refractivity contribution in [3.63, 3.8) is 0 Å². The quantitative estimate of drug-likeness (QED) is 0.156. The largest absolute Gasteiger partial charge is 3.00 e. The zero-order valence-corrected chi connectivity index (χ0v) is 37.9. The van der Waals surface area contributed by atoms with Crippen molar-refractivity contribution in [2.45, 2.75) is 99.6 Å². The van der Waals surface area contributed by atoms with Crippen LogP contribution in [0.5, 0.6) is 0 Å². The van der Waals surface area contributed by atoms with Crippen molar-refractivity contribution in [1.82, 2.24) is 9.97 Å². The molecule has 61 heavy (non-hydrogen) atoms. The van der Waals surface area contributed by atoms with Crippen molar-refractivity contribution in [2.24, 2.45) is 10.8 Å². The number of furan rings is 1. The van der Waals surface area contributed by atoms with Crippen molar-refractivity contribution in [3.05, 3.63) is 168 Å². The van der Waals surface area contributed by atoms with Gasteiger partial charge in [-0.25, -0.2) is 5.56 Å². The Labute approximate surface area is 392 Å². The van der Waals surface area contributed by atoms with Gasteiger partial charge in [0.2, 0.25) is 0 Å². The average molecular weight is 989 g/mol. The Morgan fingerprint density at radius 3 is 2.23 bits per heavy atom. The summed E-state index contributed by atoms with van der Waals surface area (Å²) in [6.45, 7) is 5.11. The van der Waals surface area contributed by atoms with Crippen LogP contribution < -0.4 is 0 Å². The topological polar surface area (TPSA) is 38.9 Å². The van der Waals surface area contributed by atoms with E-state index in [0.717, 1.165) is 58.7 Å². The van der Waals surface area contributed by atoms with E-state index < -0.39 is 32.3 Å². The summed E-state index contributed by atoms with van der Waals surface area (Å²) in [6.07, 6.45) is 6.74. The monoisotopic (exact) mass is 989 g/mol. The number of benzene rings is 5. The SMILES string of the molecule is [2H]C([2H])([2H])c1c[c-]c(-c2[c-]ccc3c2oc2cc(-c4ccccc4)ccc23)cc1-c1ccc(C2(C)CCC(C)(C)CC2)cc1C([2H])([2H])[2H].[2H]C([2H])([2H])c1ccc(-c2ccc(C([2H])([2H])C(C)(C)C)cn2)[c-]n1.[Ir+3]. The maximum absolute atomic E-state index is 8.56. The molecule has 5 aromatic carbocycles. The fourth-order valence-corrected chi connectivity index (χ4v) is 8.09. The summed E-state index contributed by atoms with van der Waals surface area (Å²) in [5, 5.41) is 1.86. The van der Waals surface area contributed by atoms with Crippen LogP contribution >= 0.6 is 0 Å². The molecule has 3 nitrogen and oxygen atoms in total. The number of hydrogen-bond donors (Lipinski definition) is 0. The van der Waals surface area contributed by atoms with Crippen molar-refractivity contribution in [3.8, 4) is 44.6 Å². The van der Waals surface area contributed by atoms with E-state index in [2.05, 4.69) is 73.3 Å². The second kappa shape index (κ2) is 17.7. The van der Waals surface area contributed by atoms with Gasteiger partial charge in [-0.3, -0.25) is 0 Å². The molecule has 3 heterocycles. The van der Waals surface area contributed by atoms with Crippen LogP contribution in [0.2, 0.25) is 0 Å². The van der Waals surface area contributed by atoms with Gasteiger partial charge in [-0.05, 0) is 112 Å². The van der Waals surface area contributed by atoms with Crippen molar-refractivity contribution < 1.29 is 39.6 Å². The molecule has 0 bridgehead atoms. The van der Waals surface area contributed by atoms with E-state index in [1.165, 1.54) is 18.3 Å². The first-order valence-corrected chi connectivity index (χ1v) is 20.6. The third-order valence-electron chi connectivity index (χ3n) is 11.7. The first kappa shape index (κ1) is 31.7. The Kier molecular flexibility index (Phi) is 9.18. The van der Waals surface area contributed by atoms with Crippen LogP contribution in [0.15, 0.2) is 126 Å². The Balaban J connectivity index is 0.000000267. The minimum absolute atomic E-state index is 0. The molecule has 0 N–H and O–H groups in total. The second-order valence-corrected chi connectivity index (χ2v) is 18.1. The normalized spacial score (nSPS) is 18.1. The van der Waals surface area contributed by atoms with Crippen molar-refractivity contribution in [2.75, 3.05) is 0 Å². The number of hydrogen-bond acceptors (Lipinski definition) is 3. The average Bonchev–Trinajstić information content (AvgIpc) is 3.70. The number of aromatic nitrogens is 2. The molecular formula is C57H57IrN2O. The molecule has 0 atom stereocenters. The minimum Gasteiger partial charge on any atom is -0.510 e. The maximum Gasteiger partial charge on any atom is 3.00 e. The summed E-state index contributed by atoms with van der Waals surface area (Å²) in [7, 11) is 0. The third kappa shape index (κ3) is 9.83. The molecule has 1 saturated carbocycles. The van der Waals surface area contributed by atoms with Gasteiger partial charge >= 0.3 is 20.1 Å². The van der Waals surface area contributed by atoms with Crippen LogP contribution in [0.25, 0.3) is 66.6 Å². The van der Waals surface area contributed by atoms with Gasteiger partial charge in [-0.2, -0.15) is 35.9 Å². The van der Waals surface area contributed by atoms with Crippen LogP contribution in [0.1, 0.15) is 110 Å². The number of fused-ring (bicyclic) bond motifs is 3. The predicted molar refractivity (Wildman–Crippen MR) is 251 cm³/mol. The molecule has 0 amide bonds. The fraction of sp³-hybridized carbons (Fsp3) is 0.298. The van der Waals surface area contributed by atoms with E-state index in [1.807, 2.05) is 69.3 Å². The molecule has 8 aromatic rings. The molecule has 9 rings (SSSR count). The molecule has 0 saturated heterocycles. The van der Waals surface area contributed by atoms with E-state index >= 15 is 0 Å². The Morgan fingerprint density at radius 1 is 0.738 bits per heavy atom. The zero-order chi connectivity index (χ0) is 51.5. The summed E-state index contributed by atoms with van der Waals surface area (Å²) in [6, 6.07) is 41.8. The van der Waals surface area contributed by atoms with E-state index in [-0.39, 0.29) is 47.8 Å². The van der Waals surface area contributed by atoms with Gasteiger partial charge in [0.25, 0.3) is 0 Å². The molecule has 0 unspecified atom stereocenters. The van der Waals surface area contributed by atoms with Crippen LogP contribution in [0.4, 0.5) is 0 Å².